The van der Waals surface area contributed by atoms with Gasteiger partial charge < -0.3 is 10.1 Å². The molecule has 0 atom stereocenters. The zero-order valence-corrected chi connectivity index (χ0v) is 11.8. The molecule has 1 aromatic rings. The number of hydrogen-bond donors (Lipinski definition) is 1. The third-order valence-electron chi connectivity index (χ3n) is 3.07. The molecule has 1 N–H and O–H groups in total. The van der Waals surface area contributed by atoms with Crippen molar-refractivity contribution in [2.45, 2.75) is 27.2 Å². The van der Waals surface area contributed by atoms with Gasteiger partial charge in [-0.1, -0.05) is 19.9 Å². The van der Waals surface area contributed by atoms with Crippen LogP contribution in [0.15, 0.2) is 18.2 Å². The molecule has 0 saturated carbocycles. The number of ether oxygens (including phenoxy) is 1. The summed E-state index contributed by atoms with van der Waals surface area (Å²) in [7, 11) is 1.70. The standard InChI is InChI=1S/C15H24FNO/c1-12-5-6-14(16)9-13(12)10-15(2,3)11-17-7-8-18-4/h5-6,9,17H,7-8,10-11H2,1-4H3. The lowest BCUT2D eigenvalue weighted by Gasteiger charge is -2.26. The minimum Gasteiger partial charge on any atom is -0.383 e. The van der Waals surface area contributed by atoms with E-state index in [1.165, 1.54) is 6.07 Å². The molecule has 102 valence electrons. The van der Waals surface area contributed by atoms with E-state index in [0.29, 0.717) is 0 Å². The summed E-state index contributed by atoms with van der Waals surface area (Å²) in [6.07, 6.45) is 0.872. The topological polar surface area (TPSA) is 21.3 Å². The molecule has 2 nitrogen and oxygen atoms in total. The van der Waals surface area contributed by atoms with Crippen LogP contribution in [0.2, 0.25) is 0 Å². The maximum absolute atomic E-state index is 13.2. The molecule has 0 aliphatic carbocycles. The lowest BCUT2D eigenvalue weighted by molar-refractivity contribution is 0.194. The molecule has 0 unspecified atom stereocenters. The van der Waals surface area contributed by atoms with Crippen LogP contribution >= 0.6 is 0 Å². The van der Waals surface area contributed by atoms with Crippen LogP contribution in [0.25, 0.3) is 0 Å². The summed E-state index contributed by atoms with van der Waals surface area (Å²) in [5, 5.41) is 3.36. The van der Waals surface area contributed by atoms with E-state index in [1.54, 1.807) is 13.2 Å². The van der Waals surface area contributed by atoms with E-state index in [0.717, 1.165) is 37.2 Å². The van der Waals surface area contributed by atoms with Crippen molar-refractivity contribution in [3.8, 4) is 0 Å². The van der Waals surface area contributed by atoms with E-state index in [9.17, 15) is 4.39 Å². The van der Waals surface area contributed by atoms with Gasteiger partial charge in [0.2, 0.25) is 0 Å². The Morgan fingerprint density at radius 1 is 1.33 bits per heavy atom. The fraction of sp³-hybridized carbons (Fsp3) is 0.600. The van der Waals surface area contributed by atoms with Gasteiger partial charge in [-0.3, -0.25) is 0 Å². The maximum Gasteiger partial charge on any atom is 0.123 e. The highest BCUT2D eigenvalue weighted by Crippen LogP contribution is 2.23. The average molecular weight is 253 g/mol. The van der Waals surface area contributed by atoms with Crippen molar-refractivity contribution in [2.75, 3.05) is 26.8 Å². The SMILES string of the molecule is COCCNCC(C)(C)Cc1cc(F)ccc1C. The van der Waals surface area contributed by atoms with Crippen LogP contribution in [0, 0.1) is 18.2 Å². The number of hydrogen-bond acceptors (Lipinski definition) is 2. The Morgan fingerprint density at radius 2 is 2.06 bits per heavy atom. The highest BCUT2D eigenvalue weighted by molar-refractivity contribution is 5.27. The van der Waals surface area contributed by atoms with Gasteiger partial charge in [0.15, 0.2) is 0 Å². The van der Waals surface area contributed by atoms with Crippen molar-refractivity contribution < 1.29 is 9.13 Å². The predicted molar refractivity (Wildman–Crippen MR) is 73.4 cm³/mol. The van der Waals surface area contributed by atoms with Gasteiger partial charge in [0.05, 0.1) is 6.61 Å². The summed E-state index contributed by atoms with van der Waals surface area (Å²) in [6, 6.07) is 5.01. The van der Waals surface area contributed by atoms with Gasteiger partial charge in [-0.2, -0.15) is 0 Å². The van der Waals surface area contributed by atoms with Gasteiger partial charge in [-0.25, -0.2) is 4.39 Å². The van der Waals surface area contributed by atoms with E-state index >= 15 is 0 Å². The van der Waals surface area contributed by atoms with Crippen molar-refractivity contribution in [1.29, 1.82) is 0 Å². The van der Waals surface area contributed by atoms with Crippen LogP contribution in [0.4, 0.5) is 4.39 Å². The van der Waals surface area contributed by atoms with Crippen LogP contribution < -0.4 is 5.32 Å². The largest absolute Gasteiger partial charge is 0.383 e. The lowest BCUT2D eigenvalue weighted by Crippen LogP contribution is -2.33. The fourth-order valence-electron chi connectivity index (χ4n) is 2.01. The van der Waals surface area contributed by atoms with Crippen molar-refractivity contribution in [3.63, 3.8) is 0 Å². The molecular weight excluding hydrogens is 229 g/mol. The molecular formula is C15H24FNO. The van der Waals surface area contributed by atoms with Crippen molar-refractivity contribution >= 4 is 0 Å². The van der Waals surface area contributed by atoms with E-state index < -0.39 is 0 Å². The third-order valence-corrected chi connectivity index (χ3v) is 3.07. The minimum absolute atomic E-state index is 0.103. The number of rotatable bonds is 7. The molecule has 0 bridgehead atoms. The van der Waals surface area contributed by atoms with Crippen molar-refractivity contribution in [2.24, 2.45) is 5.41 Å². The summed E-state index contributed by atoms with van der Waals surface area (Å²) in [4.78, 5) is 0. The second-order valence-corrected chi connectivity index (χ2v) is 5.58. The first-order chi connectivity index (χ1) is 8.44. The minimum atomic E-state index is -0.154. The number of halogens is 1. The summed E-state index contributed by atoms with van der Waals surface area (Å²) in [5.74, 6) is -0.154. The van der Waals surface area contributed by atoms with Crippen LogP contribution in [0.5, 0.6) is 0 Å². The van der Waals surface area contributed by atoms with Gasteiger partial charge >= 0.3 is 0 Å². The molecule has 1 rings (SSSR count). The Bertz CT molecular complexity index is 377. The first kappa shape index (κ1) is 15.1. The second-order valence-electron chi connectivity index (χ2n) is 5.58. The molecule has 0 heterocycles. The number of aryl methyl sites for hydroxylation is 1. The summed E-state index contributed by atoms with van der Waals surface area (Å²) in [6.45, 7) is 8.88. The Hall–Kier alpha value is -0.930. The predicted octanol–water partition coefficient (Wildman–Crippen LogP) is 2.94. The smallest absolute Gasteiger partial charge is 0.123 e. The Labute approximate surface area is 110 Å². The van der Waals surface area contributed by atoms with Gasteiger partial charge in [-0.15, -0.1) is 0 Å². The summed E-state index contributed by atoms with van der Waals surface area (Å²) in [5.41, 5.74) is 2.35. The van der Waals surface area contributed by atoms with Crippen LogP contribution in [0.1, 0.15) is 25.0 Å². The quantitative estimate of drug-likeness (QED) is 0.754. The zero-order valence-electron chi connectivity index (χ0n) is 11.8. The average Bonchev–Trinajstić information content (AvgIpc) is 2.29. The molecule has 0 aromatic heterocycles. The Kier molecular flexibility index (Phi) is 5.76. The highest BCUT2D eigenvalue weighted by Gasteiger charge is 2.19. The van der Waals surface area contributed by atoms with E-state index in [2.05, 4.69) is 19.2 Å². The molecule has 0 fully saturated rings. The van der Waals surface area contributed by atoms with Crippen LogP contribution in [0.3, 0.4) is 0 Å². The molecule has 0 aliphatic rings. The number of benzene rings is 1. The molecule has 18 heavy (non-hydrogen) atoms. The first-order valence-corrected chi connectivity index (χ1v) is 6.39. The van der Waals surface area contributed by atoms with E-state index in [1.807, 2.05) is 13.0 Å². The zero-order chi connectivity index (χ0) is 13.6. The molecule has 1 aromatic carbocycles. The van der Waals surface area contributed by atoms with Gasteiger partial charge in [0.1, 0.15) is 5.82 Å². The maximum atomic E-state index is 13.2. The summed E-state index contributed by atoms with van der Waals surface area (Å²) < 4.78 is 18.2. The fourth-order valence-corrected chi connectivity index (χ4v) is 2.01. The van der Waals surface area contributed by atoms with Crippen molar-refractivity contribution in [3.05, 3.63) is 35.1 Å². The molecule has 0 saturated heterocycles. The third kappa shape index (κ3) is 5.15. The van der Waals surface area contributed by atoms with Crippen LogP contribution in [-0.2, 0) is 11.2 Å². The summed E-state index contributed by atoms with van der Waals surface area (Å²) >= 11 is 0. The van der Waals surface area contributed by atoms with E-state index in [-0.39, 0.29) is 11.2 Å². The van der Waals surface area contributed by atoms with Crippen LogP contribution in [-0.4, -0.2) is 26.8 Å². The molecule has 0 spiro atoms. The van der Waals surface area contributed by atoms with Gasteiger partial charge in [-0.05, 0) is 42.0 Å². The van der Waals surface area contributed by atoms with E-state index in [4.69, 9.17) is 4.74 Å². The number of methoxy groups -OCH3 is 1. The van der Waals surface area contributed by atoms with Gasteiger partial charge in [0.25, 0.3) is 0 Å². The first-order valence-electron chi connectivity index (χ1n) is 6.39. The Morgan fingerprint density at radius 3 is 2.72 bits per heavy atom. The molecule has 0 amide bonds. The van der Waals surface area contributed by atoms with Crippen molar-refractivity contribution in [1.82, 2.24) is 5.32 Å². The normalized spacial score (nSPS) is 11.8. The monoisotopic (exact) mass is 253 g/mol. The van der Waals surface area contributed by atoms with Gasteiger partial charge in [0, 0.05) is 20.2 Å². The Balaban J connectivity index is 2.55. The second kappa shape index (κ2) is 6.86. The molecule has 3 heteroatoms. The lowest BCUT2D eigenvalue weighted by atomic mass is 9.84. The molecule has 0 aliphatic heterocycles. The highest BCUT2D eigenvalue weighted by atomic mass is 19.1. The molecule has 0 radical (unpaired) electrons. The number of nitrogens with one attached hydrogen (secondary N) is 1.